The first-order chi connectivity index (χ1) is 10.0. The van der Waals surface area contributed by atoms with Crippen LogP contribution in [0.1, 0.15) is 10.4 Å². The molecular formula is C15H11ClN2O3. The van der Waals surface area contributed by atoms with Crippen LogP contribution in [0.4, 0.5) is 0 Å². The number of hydrogen-bond donors (Lipinski definition) is 1. The summed E-state index contributed by atoms with van der Waals surface area (Å²) in [5.41, 5.74) is 0.839. The van der Waals surface area contributed by atoms with Crippen molar-refractivity contribution in [2.75, 3.05) is 13.1 Å². The summed E-state index contributed by atoms with van der Waals surface area (Å²) in [5.74, 6) is 0.654. The number of aliphatic carboxylic acids is 1. The Labute approximate surface area is 126 Å². The second kappa shape index (κ2) is 6.25. The van der Waals surface area contributed by atoms with Crippen LogP contribution >= 0.6 is 11.6 Å². The Morgan fingerprint density at radius 1 is 1.38 bits per heavy atom. The number of pyridine rings is 1. The van der Waals surface area contributed by atoms with Gasteiger partial charge < -0.3 is 10.0 Å². The first kappa shape index (κ1) is 14.8. The Hall–Kier alpha value is -2.58. The lowest BCUT2D eigenvalue weighted by atomic mass is 10.1. The molecular weight excluding hydrogens is 292 g/mol. The van der Waals surface area contributed by atoms with Crippen molar-refractivity contribution in [3.8, 4) is 12.3 Å². The van der Waals surface area contributed by atoms with Gasteiger partial charge in [0, 0.05) is 5.39 Å². The molecule has 1 aromatic carbocycles. The van der Waals surface area contributed by atoms with Crippen LogP contribution in [0.15, 0.2) is 30.3 Å². The fourth-order valence-corrected chi connectivity index (χ4v) is 2.16. The number of hydrogen-bond acceptors (Lipinski definition) is 3. The molecule has 0 aliphatic heterocycles. The highest BCUT2D eigenvalue weighted by Gasteiger charge is 2.20. The molecule has 21 heavy (non-hydrogen) atoms. The molecule has 0 saturated heterocycles. The number of carbonyl (C=O) groups is 2. The quantitative estimate of drug-likeness (QED) is 0.693. The van der Waals surface area contributed by atoms with Gasteiger partial charge in [0.25, 0.3) is 5.91 Å². The number of carboxylic acids is 1. The summed E-state index contributed by atoms with van der Waals surface area (Å²) in [5, 5.41) is 9.63. The normalized spacial score (nSPS) is 10.1. The molecule has 5 nitrogen and oxygen atoms in total. The van der Waals surface area contributed by atoms with Crippen LogP contribution in [0.5, 0.6) is 0 Å². The molecule has 1 amide bonds. The number of carboxylic acid groups (broad SMARTS) is 1. The molecule has 6 heteroatoms. The zero-order valence-corrected chi connectivity index (χ0v) is 11.7. The summed E-state index contributed by atoms with van der Waals surface area (Å²) in [6.45, 7) is -0.573. The number of para-hydroxylation sites is 1. The van der Waals surface area contributed by atoms with E-state index in [9.17, 15) is 9.59 Å². The largest absolute Gasteiger partial charge is 0.480 e. The first-order valence-corrected chi connectivity index (χ1v) is 6.40. The summed E-state index contributed by atoms with van der Waals surface area (Å²) in [4.78, 5) is 28.6. The zero-order chi connectivity index (χ0) is 15.4. The van der Waals surface area contributed by atoms with Crippen LogP contribution in [-0.2, 0) is 4.79 Å². The van der Waals surface area contributed by atoms with Gasteiger partial charge in [-0.2, -0.15) is 0 Å². The van der Waals surface area contributed by atoms with Gasteiger partial charge >= 0.3 is 5.97 Å². The van der Waals surface area contributed by atoms with E-state index in [2.05, 4.69) is 10.9 Å². The molecule has 0 spiro atoms. The molecule has 106 valence electrons. The van der Waals surface area contributed by atoms with E-state index in [1.165, 1.54) is 6.07 Å². The minimum Gasteiger partial charge on any atom is -0.480 e. The summed E-state index contributed by atoms with van der Waals surface area (Å²) < 4.78 is 0. The van der Waals surface area contributed by atoms with Crippen LogP contribution in [0.25, 0.3) is 10.9 Å². The Bertz CT molecular complexity index is 752. The van der Waals surface area contributed by atoms with E-state index in [-0.39, 0.29) is 17.3 Å². The van der Waals surface area contributed by atoms with E-state index in [1.807, 2.05) is 0 Å². The molecule has 0 aliphatic carbocycles. The van der Waals surface area contributed by atoms with Gasteiger partial charge in [-0.3, -0.25) is 9.59 Å². The zero-order valence-electron chi connectivity index (χ0n) is 10.9. The maximum atomic E-state index is 12.5. The maximum Gasteiger partial charge on any atom is 0.323 e. The molecule has 0 radical (unpaired) electrons. The van der Waals surface area contributed by atoms with Gasteiger partial charge in [0.2, 0.25) is 0 Å². The molecule has 0 atom stereocenters. The van der Waals surface area contributed by atoms with E-state index < -0.39 is 18.4 Å². The van der Waals surface area contributed by atoms with Crippen molar-refractivity contribution in [1.29, 1.82) is 0 Å². The summed E-state index contributed by atoms with van der Waals surface area (Å²) in [7, 11) is 0. The molecule has 2 rings (SSSR count). The molecule has 0 aliphatic rings. The first-order valence-electron chi connectivity index (χ1n) is 6.02. The van der Waals surface area contributed by atoms with E-state index in [0.29, 0.717) is 10.9 Å². The van der Waals surface area contributed by atoms with Gasteiger partial charge in [-0.15, -0.1) is 6.42 Å². The molecule has 1 N–H and O–H groups in total. The maximum absolute atomic E-state index is 12.5. The molecule has 0 saturated carbocycles. The standard InChI is InChI=1S/C15H11ClN2O3/c1-2-7-18(9-14(19)20)15(21)11-8-13(16)17-12-6-4-3-5-10(11)12/h1,3-6,8H,7,9H2,(H,19,20). The number of carbonyl (C=O) groups excluding carboxylic acids is 1. The molecule has 1 aromatic heterocycles. The second-order valence-corrected chi connectivity index (χ2v) is 4.66. The SMILES string of the molecule is C#CCN(CC(=O)O)C(=O)c1cc(Cl)nc2ccccc12. The van der Waals surface area contributed by atoms with Crippen LogP contribution < -0.4 is 0 Å². The average Bonchev–Trinajstić information content (AvgIpc) is 2.44. The molecule has 1 heterocycles. The molecule has 0 bridgehead atoms. The van der Waals surface area contributed by atoms with Crippen molar-refractivity contribution in [3.63, 3.8) is 0 Å². The van der Waals surface area contributed by atoms with Gasteiger partial charge in [0.15, 0.2) is 0 Å². The van der Waals surface area contributed by atoms with Gasteiger partial charge in [-0.05, 0) is 12.1 Å². The average molecular weight is 303 g/mol. The fraction of sp³-hybridized carbons (Fsp3) is 0.133. The Balaban J connectivity index is 2.51. The highest BCUT2D eigenvalue weighted by molar-refractivity contribution is 6.30. The topological polar surface area (TPSA) is 70.5 Å². The van der Waals surface area contributed by atoms with Crippen molar-refractivity contribution in [2.45, 2.75) is 0 Å². The molecule has 0 fully saturated rings. The second-order valence-electron chi connectivity index (χ2n) is 4.27. The van der Waals surface area contributed by atoms with Crippen molar-refractivity contribution < 1.29 is 14.7 Å². The predicted octanol–water partition coefficient (Wildman–Crippen LogP) is 2.05. The number of aromatic nitrogens is 1. The van der Waals surface area contributed by atoms with Gasteiger partial charge in [-0.25, -0.2) is 4.98 Å². The van der Waals surface area contributed by atoms with E-state index >= 15 is 0 Å². The Kier molecular flexibility index (Phi) is 4.41. The van der Waals surface area contributed by atoms with E-state index in [1.54, 1.807) is 24.3 Å². The number of benzene rings is 1. The lowest BCUT2D eigenvalue weighted by Gasteiger charge is -2.19. The number of fused-ring (bicyclic) bond motifs is 1. The minimum absolute atomic E-state index is 0.0978. The van der Waals surface area contributed by atoms with Crippen molar-refractivity contribution in [1.82, 2.24) is 9.88 Å². The number of halogens is 1. The summed E-state index contributed by atoms with van der Waals surface area (Å²) >= 11 is 5.92. The summed E-state index contributed by atoms with van der Waals surface area (Å²) in [6.07, 6.45) is 5.19. The van der Waals surface area contributed by atoms with Crippen molar-refractivity contribution >= 4 is 34.4 Å². The Morgan fingerprint density at radius 2 is 2.10 bits per heavy atom. The monoisotopic (exact) mass is 302 g/mol. The van der Waals surface area contributed by atoms with Crippen LogP contribution in [0.3, 0.4) is 0 Å². The van der Waals surface area contributed by atoms with Gasteiger partial charge in [-0.1, -0.05) is 35.7 Å². The van der Waals surface area contributed by atoms with Crippen molar-refractivity contribution in [2.24, 2.45) is 0 Å². The molecule has 0 unspecified atom stereocenters. The van der Waals surface area contributed by atoms with E-state index in [4.69, 9.17) is 23.1 Å². The minimum atomic E-state index is -1.14. The third-order valence-electron chi connectivity index (χ3n) is 2.81. The van der Waals surface area contributed by atoms with Crippen LogP contribution in [0.2, 0.25) is 5.15 Å². The highest BCUT2D eigenvalue weighted by Crippen LogP contribution is 2.22. The van der Waals surface area contributed by atoms with Gasteiger partial charge in [0.05, 0.1) is 17.6 Å². The van der Waals surface area contributed by atoms with Crippen LogP contribution in [0, 0.1) is 12.3 Å². The fourth-order valence-electron chi connectivity index (χ4n) is 1.96. The van der Waals surface area contributed by atoms with E-state index in [0.717, 1.165) is 4.90 Å². The number of terminal acetylenes is 1. The van der Waals surface area contributed by atoms with Crippen molar-refractivity contribution in [3.05, 3.63) is 41.0 Å². The predicted molar refractivity (Wildman–Crippen MR) is 79.1 cm³/mol. The van der Waals surface area contributed by atoms with Crippen LogP contribution in [-0.4, -0.2) is 40.0 Å². The third-order valence-corrected chi connectivity index (χ3v) is 3.00. The highest BCUT2D eigenvalue weighted by atomic mass is 35.5. The lowest BCUT2D eigenvalue weighted by molar-refractivity contribution is -0.137. The smallest absolute Gasteiger partial charge is 0.323 e. The Morgan fingerprint density at radius 3 is 2.76 bits per heavy atom. The number of amides is 1. The number of nitrogens with zero attached hydrogens (tertiary/aromatic N) is 2. The number of rotatable bonds is 4. The lowest BCUT2D eigenvalue weighted by Crippen LogP contribution is -2.36. The third kappa shape index (κ3) is 3.30. The van der Waals surface area contributed by atoms with Gasteiger partial charge in [0.1, 0.15) is 11.7 Å². The summed E-state index contributed by atoms with van der Waals surface area (Å²) in [6, 6.07) is 8.40. The molecule has 2 aromatic rings.